The normalized spacial score (nSPS) is 18.1. The predicted molar refractivity (Wildman–Crippen MR) is 102 cm³/mol. The summed E-state index contributed by atoms with van der Waals surface area (Å²) in [6.07, 6.45) is 4.89. The molecule has 1 atom stereocenters. The summed E-state index contributed by atoms with van der Waals surface area (Å²) >= 11 is 0. The van der Waals surface area contributed by atoms with E-state index in [-0.39, 0.29) is 11.8 Å². The largest absolute Gasteiger partial charge is 0.381 e. The molecular formula is C17H35N3O4S. The summed E-state index contributed by atoms with van der Waals surface area (Å²) in [4.78, 5) is 4.53. The maximum atomic E-state index is 11.2. The van der Waals surface area contributed by atoms with Crippen LogP contribution in [0.25, 0.3) is 0 Å². The summed E-state index contributed by atoms with van der Waals surface area (Å²) in [6, 6.07) is 0.0531. The van der Waals surface area contributed by atoms with Gasteiger partial charge in [0.1, 0.15) is 9.84 Å². The van der Waals surface area contributed by atoms with Gasteiger partial charge in [-0.1, -0.05) is 0 Å². The molecule has 1 saturated heterocycles. The van der Waals surface area contributed by atoms with E-state index in [0.717, 1.165) is 51.6 Å². The van der Waals surface area contributed by atoms with E-state index in [1.165, 1.54) is 6.26 Å². The highest BCUT2D eigenvalue weighted by atomic mass is 32.2. The van der Waals surface area contributed by atoms with Crippen molar-refractivity contribution in [3.63, 3.8) is 0 Å². The summed E-state index contributed by atoms with van der Waals surface area (Å²) in [5, 5.41) is 6.44. The van der Waals surface area contributed by atoms with Crippen molar-refractivity contribution in [2.24, 2.45) is 10.9 Å². The lowest BCUT2D eigenvalue weighted by Gasteiger charge is -2.21. The quantitative estimate of drug-likeness (QED) is 0.319. The molecule has 0 aromatic rings. The highest BCUT2D eigenvalue weighted by Gasteiger charge is 2.13. The molecule has 0 aliphatic carbocycles. The van der Waals surface area contributed by atoms with Gasteiger partial charge in [-0.15, -0.1) is 0 Å². The molecule has 0 aromatic heterocycles. The standard InChI is InChI=1S/C17H35N3O4S/c1-4-18-17(20-15(2)8-13-25(3,21)22)19-9-5-10-24-14-16-6-11-23-12-7-16/h15-16H,4-14H2,1-3H3,(H2,18,19,20). The Morgan fingerprint density at radius 2 is 2.08 bits per heavy atom. The van der Waals surface area contributed by atoms with Crippen molar-refractivity contribution >= 4 is 15.8 Å². The van der Waals surface area contributed by atoms with Gasteiger partial charge in [-0.3, -0.25) is 4.99 Å². The molecule has 0 aromatic carbocycles. The van der Waals surface area contributed by atoms with Gasteiger partial charge in [-0.25, -0.2) is 8.42 Å². The molecule has 1 fully saturated rings. The molecule has 0 spiro atoms. The molecule has 0 radical (unpaired) electrons. The Labute approximate surface area is 152 Å². The average molecular weight is 378 g/mol. The second kappa shape index (κ2) is 12.5. The zero-order valence-electron chi connectivity index (χ0n) is 15.9. The van der Waals surface area contributed by atoms with Crippen molar-refractivity contribution in [1.82, 2.24) is 10.6 Å². The predicted octanol–water partition coefficient (Wildman–Crippen LogP) is 1.20. The topological polar surface area (TPSA) is 89.0 Å². The van der Waals surface area contributed by atoms with Crippen LogP contribution in [-0.2, 0) is 19.3 Å². The molecule has 1 aliphatic rings. The average Bonchev–Trinajstić information content (AvgIpc) is 2.56. The number of rotatable bonds is 11. The zero-order valence-corrected chi connectivity index (χ0v) is 16.7. The van der Waals surface area contributed by atoms with Crippen LogP contribution in [0.3, 0.4) is 0 Å². The van der Waals surface area contributed by atoms with Crippen molar-refractivity contribution in [1.29, 1.82) is 0 Å². The molecule has 0 bridgehead atoms. The lowest BCUT2D eigenvalue weighted by atomic mass is 10.0. The summed E-state index contributed by atoms with van der Waals surface area (Å²) in [5.41, 5.74) is 0. The summed E-state index contributed by atoms with van der Waals surface area (Å²) in [5.74, 6) is 1.54. The Morgan fingerprint density at radius 3 is 2.72 bits per heavy atom. The second-order valence-electron chi connectivity index (χ2n) is 6.71. The van der Waals surface area contributed by atoms with E-state index in [1.54, 1.807) is 0 Å². The number of guanidine groups is 1. The van der Waals surface area contributed by atoms with Crippen molar-refractivity contribution in [3.8, 4) is 0 Å². The number of nitrogens with zero attached hydrogens (tertiary/aromatic N) is 1. The fourth-order valence-electron chi connectivity index (χ4n) is 2.54. The third-order valence-corrected chi connectivity index (χ3v) is 5.04. The van der Waals surface area contributed by atoms with E-state index in [1.807, 2.05) is 13.8 Å². The van der Waals surface area contributed by atoms with Crippen LogP contribution < -0.4 is 10.6 Å². The third-order valence-electron chi connectivity index (χ3n) is 4.06. The number of nitrogens with one attached hydrogen (secondary N) is 2. The fraction of sp³-hybridized carbons (Fsp3) is 0.941. The van der Waals surface area contributed by atoms with Crippen LogP contribution >= 0.6 is 0 Å². The Bertz CT molecular complexity index is 476. The molecule has 148 valence electrons. The minimum absolute atomic E-state index is 0.0531. The first-order valence-corrected chi connectivity index (χ1v) is 11.3. The van der Waals surface area contributed by atoms with Gasteiger partial charge >= 0.3 is 0 Å². The maximum Gasteiger partial charge on any atom is 0.191 e. The van der Waals surface area contributed by atoms with Crippen LogP contribution in [0.5, 0.6) is 0 Å². The van der Waals surface area contributed by atoms with E-state index < -0.39 is 9.84 Å². The van der Waals surface area contributed by atoms with Gasteiger partial charge in [-0.2, -0.15) is 0 Å². The molecule has 1 unspecified atom stereocenters. The van der Waals surface area contributed by atoms with Gasteiger partial charge in [0, 0.05) is 51.8 Å². The third kappa shape index (κ3) is 12.2. The van der Waals surface area contributed by atoms with E-state index in [0.29, 0.717) is 25.5 Å². The SMILES string of the molecule is CCNC(=NCCCOCC1CCOCC1)NC(C)CCS(C)(=O)=O. The van der Waals surface area contributed by atoms with Crippen LogP contribution in [0, 0.1) is 5.92 Å². The Kier molecular flexibility index (Phi) is 11.1. The molecule has 2 N–H and O–H groups in total. The van der Waals surface area contributed by atoms with Gasteiger partial charge in [0.25, 0.3) is 0 Å². The van der Waals surface area contributed by atoms with Gasteiger partial charge in [0.15, 0.2) is 5.96 Å². The Balaban J connectivity index is 2.20. The Hall–Kier alpha value is -0.860. The van der Waals surface area contributed by atoms with Crippen molar-refractivity contribution in [3.05, 3.63) is 0 Å². The molecule has 0 amide bonds. The van der Waals surface area contributed by atoms with Gasteiger partial charge < -0.3 is 20.1 Å². The summed E-state index contributed by atoms with van der Waals surface area (Å²) in [6.45, 7) is 8.66. The van der Waals surface area contributed by atoms with E-state index in [2.05, 4.69) is 15.6 Å². The molecule has 8 heteroatoms. The maximum absolute atomic E-state index is 11.2. The van der Waals surface area contributed by atoms with Crippen LogP contribution in [0.15, 0.2) is 4.99 Å². The summed E-state index contributed by atoms with van der Waals surface area (Å²) in [7, 11) is -2.93. The van der Waals surface area contributed by atoms with Crippen LogP contribution in [0.4, 0.5) is 0 Å². The highest BCUT2D eigenvalue weighted by Crippen LogP contribution is 2.14. The summed E-state index contributed by atoms with van der Waals surface area (Å²) < 4.78 is 33.6. The van der Waals surface area contributed by atoms with Crippen LogP contribution in [0.2, 0.25) is 0 Å². The molecule has 1 heterocycles. The number of hydrogen-bond donors (Lipinski definition) is 2. The van der Waals surface area contributed by atoms with Crippen molar-refractivity contribution in [2.75, 3.05) is 51.5 Å². The van der Waals surface area contributed by atoms with Gasteiger partial charge in [0.2, 0.25) is 0 Å². The number of hydrogen-bond acceptors (Lipinski definition) is 5. The van der Waals surface area contributed by atoms with E-state index >= 15 is 0 Å². The molecular weight excluding hydrogens is 342 g/mol. The molecule has 1 rings (SSSR count). The first-order valence-electron chi connectivity index (χ1n) is 9.28. The second-order valence-corrected chi connectivity index (χ2v) is 8.97. The van der Waals surface area contributed by atoms with E-state index in [4.69, 9.17) is 9.47 Å². The van der Waals surface area contributed by atoms with Crippen molar-refractivity contribution in [2.45, 2.75) is 45.6 Å². The first kappa shape index (κ1) is 22.2. The van der Waals surface area contributed by atoms with Crippen LogP contribution in [0.1, 0.15) is 39.5 Å². The minimum Gasteiger partial charge on any atom is -0.381 e. The lowest BCUT2D eigenvalue weighted by molar-refractivity contribution is 0.0205. The van der Waals surface area contributed by atoms with Gasteiger partial charge in [0.05, 0.1) is 5.75 Å². The number of aliphatic imine (C=N–C) groups is 1. The fourth-order valence-corrected chi connectivity index (χ4v) is 3.32. The lowest BCUT2D eigenvalue weighted by Crippen LogP contribution is -2.43. The molecule has 0 saturated carbocycles. The van der Waals surface area contributed by atoms with Crippen LogP contribution in [-0.4, -0.2) is 71.9 Å². The van der Waals surface area contributed by atoms with Crippen molar-refractivity contribution < 1.29 is 17.9 Å². The number of ether oxygens (including phenoxy) is 2. The smallest absolute Gasteiger partial charge is 0.191 e. The Morgan fingerprint density at radius 1 is 1.36 bits per heavy atom. The first-order chi connectivity index (χ1) is 11.9. The van der Waals surface area contributed by atoms with E-state index in [9.17, 15) is 8.42 Å². The molecule has 7 nitrogen and oxygen atoms in total. The molecule has 25 heavy (non-hydrogen) atoms. The number of sulfone groups is 1. The molecule has 1 aliphatic heterocycles. The zero-order chi connectivity index (χ0) is 18.5. The van der Waals surface area contributed by atoms with Gasteiger partial charge in [-0.05, 0) is 45.4 Å². The minimum atomic E-state index is -2.93. The highest BCUT2D eigenvalue weighted by molar-refractivity contribution is 7.90. The monoisotopic (exact) mass is 377 g/mol.